The molecular weight excluding hydrogens is 248 g/mol. The largest absolute Gasteiger partial charge is 0.378 e. The summed E-state index contributed by atoms with van der Waals surface area (Å²) in [4.78, 5) is 2.33. The van der Waals surface area contributed by atoms with Crippen LogP contribution in [0.25, 0.3) is 0 Å². The average Bonchev–Trinajstić information content (AvgIpc) is 2.99. The monoisotopic (exact) mass is 278 g/mol. The molecule has 5 atom stereocenters. The molecule has 0 amide bonds. The highest BCUT2D eigenvalue weighted by Crippen LogP contribution is 2.47. The number of nitrogens with zero attached hydrogens (tertiary/aromatic N) is 1. The number of hydrogen-bond acceptors (Lipinski definition) is 3. The van der Waals surface area contributed by atoms with Crippen LogP contribution in [0, 0.1) is 11.8 Å². The van der Waals surface area contributed by atoms with E-state index >= 15 is 0 Å². The molecule has 0 spiro atoms. The minimum absolute atomic E-state index is 0.207. The Morgan fingerprint density at radius 3 is 2.65 bits per heavy atom. The summed E-state index contributed by atoms with van der Waals surface area (Å²) in [6.07, 6.45) is 7.66. The Balaban J connectivity index is 2.19. The molecule has 2 rings (SSSR count). The molecule has 1 fully saturated rings. The molecule has 2 unspecified atom stereocenters. The number of nitrogens with two attached hydrogens (primary N) is 1. The summed E-state index contributed by atoms with van der Waals surface area (Å²) < 4.78 is 6.05. The molecule has 2 aliphatic rings. The van der Waals surface area contributed by atoms with Crippen LogP contribution < -0.4 is 5.73 Å². The van der Waals surface area contributed by atoms with Crippen molar-refractivity contribution >= 4 is 0 Å². The second-order valence-corrected chi connectivity index (χ2v) is 6.60. The first-order valence-electron chi connectivity index (χ1n) is 7.97. The van der Waals surface area contributed by atoms with E-state index in [0.717, 1.165) is 31.6 Å². The number of hydrogen-bond donors (Lipinski definition) is 1. The smallest absolute Gasteiger partial charge is 0.0917 e. The lowest BCUT2D eigenvalue weighted by molar-refractivity contribution is -0.0150. The first-order chi connectivity index (χ1) is 9.41. The van der Waals surface area contributed by atoms with Gasteiger partial charge in [-0.3, -0.25) is 0 Å². The van der Waals surface area contributed by atoms with E-state index in [1.54, 1.807) is 0 Å². The van der Waals surface area contributed by atoms with Gasteiger partial charge in [0, 0.05) is 24.3 Å². The van der Waals surface area contributed by atoms with Gasteiger partial charge in [0.05, 0.1) is 11.8 Å². The quantitative estimate of drug-likeness (QED) is 0.857. The lowest BCUT2D eigenvalue weighted by atomic mass is 9.90. The fourth-order valence-electron chi connectivity index (χ4n) is 3.34. The topological polar surface area (TPSA) is 38.5 Å². The molecule has 0 bridgehead atoms. The Bertz CT molecular complexity index is 392. The molecule has 20 heavy (non-hydrogen) atoms. The van der Waals surface area contributed by atoms with Crippen LogP contribution in [0.4, 0.5) is 0 Å². The van der Waals surface area contributed by atoms with Crippen molar-refractivity contribution in [2.24, 2.45) is 17.6 Å². The van der Waals surface area contributed by atoms with Crippen LogP contribution >= 0.6 is 0 Å². The summed E-state index contributed by atoms with van der Waals surface area (Å²) >= 11 is 0. The third-order valence-corrected chi connectivity index (χ3v) is 5.05. The van der Waals surface area contributed by atoms with Gasteiger partial charge in [-0.2, -0.15) is 0 Å². The molecule has 0 saturated heterocycles. The zero-order valence-corrected chi connectivity index (χ0v) is 13.4. The minimum atomic E-state index is -0.207. The van der Waals surface area contributed by atoms with Gasteiger partial charge < -0.3 is 15.4 Å². The van der Waals surface area contributed by atoms with Crippen molar-refractivity contribution in [2.75, 3.05) is 6.61 Å². The zero-order valence-electron chi connectivity index (χ0n) is 13.4. The van der Waals surface area contributed by atoms with Crippen molar-refractivity contribution in [2.45, 2.75) is 64.8 Å². The van der Waals surface area contributed by atoms with Crippen molar-refractivity contribution in [1.82, 2.24) is 4.90 Å². The van der Waals surface area contributed by atoms with E-state index in [4.69, 9.17) is 10.5 Å². The van der Waals surface area contributed by atoms with Gasteiger partial charge in [0.25, 0.3) is 0 Å². The van der Waals surface area contributed by atoms with Crippen molar-refractivity contribution in [3.05, 3.63) is 24.4 Å². The molecule has 1 aliphatic heterocycles. The Hall–Kier alpha value is -0.800. The van der Waals surface area contributed by atoms with Gasteiger partial charge in [0.15, 0.2) is 0 Å². The number of rotatable bonds is 4. The first kappa shape index (κ1) is 15.6. The van der Waals surface area contributed by atoms with Gasteiger partial charge in [-0.15, -0.1) is 0 Å². The van der Waals surface area contributed by atoms with Gasteiger partial charge >= 0.3 is 0 Å². The fourth-order valence-corrected chi connectivity index (χ4v) is 3.34. The summed E-state index contributed by atoms with van der Waals surface area (Å²) in [7, 11) is 0. The van der Waals surface area contributed by atoms with E-state index in [0.29, 0.717) is 17.9 Å². The maximum atomic E-state index is 6.56. The van der Waals surface area contributed by atoms with Crippen LogP contribution in [0.2, 0.25) is 0 Å². The normalized spacial score (nSPS) is 43.0. The van der Waals surface area contributed by atoms with Crippen LogP contribution in [-0.2, 0) is 4.74 Å². The molecule has 2 N–H and O–H groups in total. The molecule has 1 heterocycles. The Labute approximate surface area is 123 Å². The molecule has 114 valence electrons. The summed E-state index contributed by atoms with van der Waals surface area (Å²) in [5.74, 6) is 0.980. The van der Waals surface area contributed by atoms with E-state index in [2.05, 4.69) is 51.3 Å². The molecule has 0 radical (unpaired) electrons. The van der Waals surface area contributed by atoms with Gasteiger partial charge in [-0.25, -0.2) is 0 Å². The summed E-state index contributed by atoms with van der Waals surface area (Å²) in [6, 6.07) is 0.351. The van der Waals surface area contributed by atoms with Crippen molar-refractivity contribution in [3.8, 4) is 0 Å². The molecule has 0 aromatic carbocycles. The third-order valence-electron chi connectivity index (χ3n) is 5.05. The highest BCUT2D eigenvalue weighted by atomic mass is 16.5. The Morgan fingerprint density at radius 2 is 2.10 bits per heavy atom. The SMILES string of the molecule is C=C1/C=C\C[C@H](OCCC)[C@H](C)C(C)N1C1(N)C[C@@H]1C. The molecular formula is C17H30N2O. The van der Waals surface area contributed by atoms with E-state index in [1.165, 1.54) is 0 Å². The summed E-state index contributed by atoms with van der Waals surface area (Å²) in [6.45, 7) is 14.0. The molecule has 0 aromatic rings. The molecule has 3 nitrogen and oxygen atoms in total. The fraction of sp³-hybridized carbons (Fsp3) is 0.765. The first-order valence-corrected chi connectivity index (χ1v) is 7.97. The summed E-state index contributed by atoms with van der Waals surface area (Å²) in [5.41, 5.74) is 7.40. The van der Waals surface area contributed by atoms with Crippen LogP contribution in [0.5, 0.6) is 0 Å². The van der Waals surface area contributed by atoms with E-state index in [1.807, 2.05) is 0 Å². The highest BCUT2D eigenvalue weighted by molar-refractivity contribution is 5.23. The van der Waals surface area contributed by atoms with Gasteiger partial charge in [0.2, 0.25) is 0 Å². The maximum absolute atomic E-state index is 6.56. The molecule has 1 saturated carbocycles. The highest BCUT2D eigenvalue weighted by Gasteiger charge is 2.54. The van der Waals surface area contributed by atoms with E-state index in [9.17, 15) is 0 Å². The average molecular weight is 278 g/mol. The second kappa shape index (κ2) is 5.90. The predicted molar refractivity (Wildman–Crippen MR) is 84.1 cm³/mol. The lowest BCUT2D eigenvalue weighted by Gasteiger charge is -2.44. The van der Waals surface area contributed by atoms with Crippen LogP contribution in [0.15, 0.2) is 24.4 Å². The molecule has 1 aliphatic carbocycles. The van der Waals surface area contributed by atoms with Gasteiger partial charge in [-0.1, -0.05) is 33.4 Å². The molecule has 0 aromatic heterocycles. The van der Waals surface area contributed by atoms with Crippen LogP contribution in [0.1, 0.15) is 47.0 Å². The summed E-state index contributed by atoms with van der Waals surface area (Å²) in [5, 5.41) is 0. The maximum Gasteiger partial charge on any atom is 0.0917 e. The van der Waals surface area contributed by atoms with Crippen molar-refractivity contribution in [3.63, 3.8) is 0 Å². The van der Waals surface area contributed by atoms with Gasteiger partial charge in [-0.05, 0) is 38.2 Å². The Kier molecular flexibility index (Phi) is 4.60. The molecule has 3 heteroatoms. The van der Waals surface area contributed by atoms with Crippen LogP contribution in [0.3, 0.4) is 0 Å². The minimum Gasteiger partial charge on any atom is -0.378 e. The second-order valence-electron chi connectivity index (χ2n) is 6.60. The van der Waals surface area contributed by atoms with Crippen molar-refractivity contribution < 1.29 is 4.74 Å². The lowest BCUT2D eigenvalue weighted by Crippen LogP contribution is -2.53. The standard InChI is InChI=1S/C17H30N2O/c1-6-10-20-16-9-7-8-13(3)19(15(5)14(16)4)17(18)11-12(17)2/h7-8,12,14-16H,3,6,9-11,18H2,1-2,4-5H3/b8-7-/t12-,14+,15?,16-,17?/m0/s1. The number of allylic oxidation sites excluding steroid dienone is 1. The Morgan fingerprint density at radius 1 is 1.45 bits per heavy atom. The van der Waals surface area contributed by atoms with E-state index < -0.39 is 0 Å². The van der Waals surface area contributed by atoms with Crippen LogP contribution in [-0.4, -0.2) is 29.3 Å². The zero-order chi connectivity index (χ0) is 14.9. The number of ether oxygens (including phenoxy) is 1. The van der Waals surface area contributed by atoms with E-state index in [-0.39, 0.29) is 11.8 Å². The van der Waals surface area contributed by atoms with Gasteiger partial charge in [0.1, 0.15) is 0 Å². The van der Waals surface area contributed by atoms with Crippen molar-refractivity contribution in [1.29, 1.82) is 0 Å². The predicted octanol–water partition coefficient (Wildman–Crippen LogP) is 3.28. The third kappa shape index (κ3) is 2.79.